The molecule has 2 heteroatoms. The Morgan fingerprint density at radius 1 is 0.769 bits per heavy atom. The molecule has 1 amide bonds. The summed E-state index contributed by atoms with van der Waals surface area (Å²) in [6.07, 6.45) is 0.787. The number of rotatable bonds is 6. The SMILES string of the molecule is CC[C@H](C(=O)N[C@H](C)c1ccc(-c2ccccc2)cc1)c1ccccc1. The minimum Gasteiger partial charge on any atom is -0.349 e. The average molecular weight is 343 g/mol. The van der Waals surface area contributed by atoms with Crippen molar-refractivity contribution in [3.63, 3.8) is 0 Å². The first-order valence-electron chi connectivity index (χ1n) is 9.19. The van der Waals surface area contributed by atoms with Gasteiger partial charge in [-0.25, -0.2) is 0 Å². The fourth-order valence-electron chi connectivity index (χ4n) is 3.25. The van der Waals surface area contributed by atoms with E-state index in [9.17, 15) is 4.79 Å². The summed E-state index contributed by atoms with van der Waals surface area (Å²) in [4.78, 5) is 12.7. The highest BCUT2D eigenvalue weighted by atomic mass is 16.1. The number of carbonyl (C=O) groups excluding carboxylic acids is 1. The van der Waals surface area contributed by atoms with E-state index in [0.29, 0.717) is 0 Å². The van der Waals surface area contributed by atoms with E-state index in [-0.39, 0.29) is 17.9 Å². The lowest BCUT2D eigenvalue weighted by molar-refractivity contribution is -0.123. The van der Waals surface area contributed by atoms with Crippen molar-refractivity contribution in [1.82, 2.24) is 5.32 Å². The molecule has 0 aliphatic carbocycles. The fraction of sp³-hybridized carbons (Fsp3) is 0.208. The van der Waals surface area contributed by atoms with Gasteiger partial charge >= 0.3 is 0 Å². The van der Waals surface area contributed by atoms with E-state index in [2.05, 4.69) is 48.6 Å². The van der Waals surface area contributed by atoms with E-state index in [1.807, 2.05) is 55.5 Å². The van der Waals surface area contributed by atoms with Crippen LogP contribution < -0.4 is 5.32 Å². The maximum Gasteiger partial charge on any atom is 0.228 e. The third kappa shape index (κ3) is 4.20. The largest absolute Gasteiger partial charge is 0.349 e. The number of carbonyl (C=O) groups is 1. The highest BCUT2D eigenvalue weighted by Gasteiger charge is 2.20. The molecule has 26 heavy (non-hydrogen) atoms. The van der Waals surface area contributed by atoms with E-state index in [0.717, 1.165) is 17.5 Å². The number of nitrogens with one attached hydrogen (secondary N) is 1. The minimum atomic E-state index is -0.109. The summed E-state index contributed by atoms with van der Waals surface area (Å²) in [6, 6.07) is 28.7. The second kappa shape index (κ2) is 8.48. The van der Waals surface area contributed by atoms with E-state index >= 15 is 0 Å². The van der Waals surface area contributed by atoms with E-state index < -0.39 is 0 Å². The predicted molar refractivity (Wildman–Crippen MR) is 108 cm³/mol. The van der Waals surface area contributed by atoms with Gasteiger partial charge in [0.1, 0.15) is 0 Å². The van der Waals surface area contributed by atoms with Crippen LogP contribution in [0.3, 0.4) is 0 Å². The van der Waals surface area contributed by atoms with Crippen LogP contribution in [0.4, 0.5) is 0 Å². The molecule has 0 saturated heterocycles. The van der Waals surface area contributed by atoms with Gasteiger partial charge in [-0.3, -0.25) is 4.79 Å². The monoisotopic (exact) mass is 343 g/mol. The van der Waals surface area contributed by atoms with Crippen molar-refractivity contribution in [3.8, 4) is 11.1 Å². The standard InChI is InChI=1S/C24H25NO/c1-3-23(22-12-8-5-9-13-22)24(26)25-18(2)19-14-16-21(17-15-19)20-10-6-4-7-11-20/h4-18,23H,3H2,1-2H3,(H,25,26)/t18-,23+/m1/s1. The van der Waals surface area contributed by atoms with Gasteiger partial charge in [-0.1, -0.05) is 91.9 Å². The fourth-order valence-corrected chi connectivity index (χ4v) is 3.25. The molecule has 0 heterocycles. The van der Waals surface area contributed by atoms with Crippen molar-refractivity contribution in [3.05, 3.63) is 96.1 Å². The highest BCUT2D eigenvalue weighted by Crippen LogP contribution is 2.24. The lowest BCUT2D eigenvalue weighted by Crippen LogP contribution is -2.31. The summed E-state index contributed by atoms with van der Waals surface area (Å²) >= 11 is 0. The maximum atomic E-state index is 12.7. The summed E-state index contributed by atoms with van der Waals surface area (Å²) in [6.45, 7) is 4.09. The molecule has 0 fully saturated rings. The Hall–Kier alpha value is -2.87. The molecule has 0 unspecified atom stereocenters. The number of hydrogen-bond donors (Lipinski definition) is 1. The van der Waals surface area contributed by atoms with Gasteiger partial charge in [0.05, 0.1) is 12.0 Å². The van der Waals surface area contributed by atoms with Gasteiger partial charge in [0.15, 0.2) is 0 Å². The molecule has 0 aromatic heterocycles. The summed E-state index contributed by atoms with van der Waals surface area (Å²) < 4.78 is 0. The van der Waals surface area contributed by atoms with Crippen molar-refractivity contribution in [2.45, 2.75) is 32.2 Å². The van der Waals surface area contributed by atoms with Crippen molar-refractivity contribution >= 4 is 5.91 Å². The molecular weight excluding hydrogens is 318 g/mol. The second-order valence-corrected chi connectivity index (χ2v) is 6.59. The van der Waals surface area contributed by atoms with Gasteiger partial charge in [-0.05, 0) is 35.6 Å². The Morgan fingerprint density at radius 2 is 1.31 bits per heavy atom. The zero-order valence-electron chi connectivity index (χ0n) is 15.4. The van der Waals surface area contributed by atoms with Crippen LogP contribution in [0.5, 0.6) is 0 Å². The topological polar surface area (TPSA) is 29.1 Å². The van der Waals surface area contributed by atoms with Crippen LogP contribution in [-0.2, 0) is 4.79 Å². The smallest absolute Gasteiger partial charge is 0.228 e. The van der Waals surface area contributed by atoms with Crippen molar-refractivity contribution < 1.29 is 4.79 Å². The van der Waals surface area contributed by atoms with E-state index in [1.54, 1.807) is 0 Å². The second-order valence-electron chi connectivity index (χ2n) is 6.59. The summed E-state index contributed by atoms with van der Waals surface area (Å²) in [7, 11) is 0. The molecule has 0 bridgehead atoms. The van der Waals surface area contributed by atoms with Gasteiger partial charge in [-0.15, -0.1) is 0 Å². The Kier molecular flexibility index (Phi) is 5.85. The predicted octanol–water partition coefficient (Wildman–Crippen LogP) is 5.72. The summed E-state index contributed by atoms with van der Waals surface area (Å²) in [5.74, 6) is -0.0272. The number of benzene rings is 3. The Morgan fingerprint density at radius 3 is 1.88 bits per heavy atom. The quantitative estimate of drug-likeness (QED) is 0.609. The highest BCUT2D eigenvalue weighted by molar-refractivity contribution is 5.84. The molecule has 1 N–H and O–H groups in total. The Bertz CT molecular complexity index is 825. The molecule has 3 aromatic rings. The van der Waals surface area contributed by atoms with Crippen molar-refractivity contribution in [2.24, 2.45) is 0 Å². The van der Waals surface area contributed by atoms with E-state index in [4.69, 9.17) is 0 Å². The van der Waals surface area contributed by atoms with Crippen LogP contribution in [0, 0.1) is 0 Å². The first-order valence-corrected chi connectivity index (χ1v) is 9.19. The zero-order valence-corrected chi connectivity index (χ0v) is 15.4. The van der Waals surface area contributed by atoms with Gasteiger partial charge < -0.3 is 5.32 Å². The third-order valence-electron chi connectivity index (χ3n) is 4.80. The molecule has 2 nitrogen and oxygen atoms in total. The number of amides is 1. The normalized spacial score (nSPS) is 13.0. The van der Waals surface area contributed by atoms with Gasteiger partial charge in [0, 0.05) is 0 Å². The molecule has 3 aromatic carbocycles. The molecular formula is C24H25NO. The van der Waals surface area contributed by atoms with Crippen molar-refractivity contribution in [1.29, 1.82) is 0 Å². The van der Waals surface area contributed by atoms with Crippen LogP contribution in [-0.4, -0.2) is 5.91 Å². The van der Waals surface area contributed by atoms with Crippen LogP contribution in [0.15, 0.2) is 84.9 Å². The van der Waals surface area contributed by atoms with Crippen LogP contribution >= 0.6 is 0 Å². The van der Waals surface area contributed by atoms with Crippen LogP contribution in [0.2, 0.25) is 0 Å². The molecule has 0 aliphatic rings. The molecule has 0 spiro atoms. The Labute approximate surface area is 155 Å². The molecule has 0 aliphatic heterocycles. The van der Waals surface area contributed by atoms with E-state index in [1.165, 1.54) is 11.1 Å². The first kappa shape index (κ1) is 17.9. The summed E-state index contributed by atoms with van der Waals surface area (Å²) in [5, 5.41) is 3.17. The number of hydrogen-bond acceptors (Lipinski definition) is 1. The molecule has 0 radical (unpaired) electrons. The Balaban J connectivity index is 1.69. The lowest BCUT2D eigenvalue weighted by Gasteiger charge is -2.20. The third-order valence-corrected chi connectivity index (χ3v) is 4.80. The van der Waals surface area contributed by atoms with Gasteiger partial charge in [-0.2, -0.15) is 0 Å². The molecule has 2 atom stereocenters. The van der Waals surface area contributed by atoms with Crippen LogP contribution in [0.1, 0.15) is 43.4 Å². The first-order chi connectivity index (χ1) is 12.7. The molecule has 0 saturated carbocycles. The lowest BCUT2D eigenvalue weighted by atomic mass is 9.95. The molecule has 132 valence electrons. The minimum absolute atomic E-state index is 0.0231. The van der Waals surface area contributed by atoms with Gasteiger partial charge in [0.25, 0.3) is 0 Å². The van der Waals surface area contributed by atoms with Gasteiger partial charge in [0.2, 0.25) is 5.91 Å². The van der Waals surface area contributed by atoms with Crippen LogP contribution in [0.25, 0.3) is 11.1 Å². The zero-order chi connectivity index (χ0) is 18.4. The molecule has 3 rings (SSSR count). The van der Waals surface area contributed by atoms with Crippen molar-refractivity contribution in [2.75, 3.05) is 0 Å². The maximum absolute atomic E-state index is 12.7. The summed E-state index contributed by atoms with van der Waals surface area (Å²) in [5.41, 5.74) is 4.56. The average Bonchev–Trinajstić information content (AvgIpc) is 2.70.